The summed E-state index contributed by atoms with van der Waals surface area (Å²) in [5.41, 5.74) is 5.18. The van der Waals surface area contributed by atoms with E-state index in [2.05, 4.69) is 5.32 Å². The Morgan fingerprint density at radius 1 is 1.44 bits per heavy atom. The molecular formula is C13H19FN2O2. The second-order valence-electron chi connectivity index (χ2n) is 4.39. The fourth-order valence-electron chi connectivity index (χ4n) is 1.58. The Morgan fingerprint density at radius 2 is 2.06 bits per heavy atom. The first kappa shape index (κ1) is 14.4. The fraction of sp³-hybridized carbons (Fsp3) is 0.462. The van der Waals surface area contributed by atoms with Crippen molar-refractivity contribution in [2.45, 2.75) is 32.2 Å². The number of hydrogen-bond acceptors (Lipinski definition) is 3. The van der Waals surface area contributed by atoms with E-state index in [4.69, 9.17) is 5.73 Å². The predicted octanol–water partition coefficient (Wildman–Crippen LogP) is 1.78. The van der Waals surface area contributed by atoms with Crippen LogP contribution in [0.25, 0.3) is 0 Å². The van der Waals surface area contributed by atoms with Gasteiger partial charge in [0.2, 0.25) is 0 Å². The molecule has 5 heteroatoms. The number of phenols is 1. The lowest BCUT2D eigenvalue weighted by Crippen LogP contribution is -2.49. The molecule has 0 spiro atoms. The van der Waals surface area contributed by atoms with Crippen LogP contribution in [0.15, 0.2) is 18.2 Å². The second-order valence-corrected chi connectivity index (χ2v) is 4.39. The first-order valence-electron chi connectivity index (χ1n) is 5.98. The molecule has 1 rings (SSSR count). The van der Waals surface area contributed by atoms with Gasteiger partial charge in [-0.05, 0) is 25.0 Å². The van der Waals surface area contributed by atoms with E-state index in [0.29, 0.717) is 12.8 Å². The summed E-state index contributed by atoms with van der Waals surface area (Å²) in [6, 6.07) is 3.74. The third-order valence-corrected chi connectivity index (χ3v) is 3.23. The van der Waals surface area contributed by atoms with Crippen molar-refractivity contribution in [2.24, 2.45) is 5.73 Å². The molecule has 18 heavy (non-hydrogen) atoms. The summed E-state index contributed by atoms with van der Waals surface area (Å²) in [6.45, 7) is 4.10. The van der Waals surface area contributed by atoms with Crippen LogP contribution in [0.4, 0.5) is 4.39 Å². The minimum atomic E-state index is -0.747. The molecule has 0 fully saturated rings. The molecule has 1 aromatic carbocycles. The van der Waals surface area contributed by atoms with Crippen molar-refractivity contribution in [3.05, 3.63) is 29.6 Å². The van der Waals surface area contributed by atoms with Crippen LogP contribution in [0.5, 0.6) is 5.75 Å². The van der Waals surface area contributed by atoms with Crippen LogP contribution in [-0.2, 0) is 0 Å². The maximum atomic E-state index is 13.4. The number of aromatic hydroxyl groups is 1. The zero-order valence-corrected chi connectivity index (χ0v) is 10.7. The Bertz CT molecular complexity index is 411. The molecule has 0 aliphatic rings. The lowest BCUT2D eigenvalue weighted by Gasteiger charge is -2.26. The highest BCUT2D eigenvalue weighted by Gasteiger charge is 2.23. The molecule has 0 atom stereocenters. The first-order chi connectivity index (χ1) is 8.43. The molecule has 0 heterocycles. The van der Waals surface area contributed by atoms with Crippen molar-refractivity contribution in [1.29, 1.82) is 0 Å². The number of halogens is 1. The number of benzene rings is 1. The number of rotatable bonds is 5. The van der Waals surface area contributed by atoms with Gasteiger partial charge in [0.05, 0.1) is 0 Å². The Labute approximate surface area is 106 Å². The summed E-state index contributed by atoms with van der Waals surface area (Å²) in [4.78, 5) is 11.8. The monoisotopic (exact) mass is 254 g/mol. The van der Waals surface area contributed by atoms with Gasteiger partial charge < -0.3 is 16.2 Å². The zero-order valence-electron chi connectivity index (χ0n) is 10.7. The van der Waals surface area contributed by atoms with Crippen molar-refractivity contribution in [1.82, 2.24) is 5.32 Å². The van der Waals surface area contributed by atoms with Crippen molar-refractivity contribution in [3.63, 3.8) is 0 Å². The van der Waals surface area contributed by atoms with Gasteiger partial charge >= 0.3 is 0 Å². The molecular weight excluding hydrogens is 235 g/mol. The largest absolute Gasteiger partial charge is 0.507 e. The number of carbonyl (C=O) groups is 1. The van der Waals surface area contributed by atoms with Gasteiger partial charge in [0.15, 0.2) is 0 Å². The van der Waals surface area contributed by atoms with Crippen LogP contribution in [0.3, 0.4) is 0 Å². The number of nitrogens with one attached hydrogen (secondary N) is 1. The topological polar surface area (TPSA) is 75.3 Å². The quantitative estimate of drug-likeness (QED) is 0.749. The van der Waals surface area contributed by atoms with Crippen LogP contribution < -0.4 is 11.1 Å². The van der Waals surface area contributed by atoms with Gasteiger partial charge in [-0.15, -0.1) is 0 Å². The van der Waals surface area contributed by atoms with Crippen molar-refractivity contribution >= 4 is 5.91 Å². The number of nitrogens with two attached hydrogens (primary N) is 1. The van der Waals surface area contributed by atoms with Crippen molar-refractivity contribution in [3.8, 4) is 5.75 Å². The minimum absolute atomic E-state index is 0.243. The van der Waals surface area contributed by atoms with E-state index in [0.717, 1.165) is 6.07 Å². The number of carbonyl (C=O) groups excluding carboxylic acids is 1. The van der Waals surface area contributed by atoms with Crippen LogP contribution in [0, 0.1) is 5.82 Å². The van der Waals surface area contributed by atoms with Crippen LogP contribution in [0.1, 0.15) is 37.0 Å². The van der Waals surface area contributed by atoms with Gasteiger partial charge in [-0.2, -0.15) is 0 Å². The molecule has 1 aromatic rings. The Hall–Kier alpha value is -1.62. The highest BCUT2D eigenvalue weighted by Crippen LogP contribution is 2.19. The van der Waals surface area contributed by atoms with E-state index in [1.54, 1.807) is 0 Å². The minimum Gasteiger partial charge on any atom is -0.507 e. The predicted molar refractivity (Wildman–Crippen MR) is 67.9 cm³/mol. The normalized spacial score (nSPS) is 11.3. The maximum Gasteiger partial charge on any atom is 0.258 e. The van der Waals surface area contributed by atoms with E-state index >= 15 is 0 Å². The summed E-state index contributed by atoms with van der Waals surface area (Å²) in [6.07, 6.45) is 1.40. The molecule has 1 amide bonds. The van der Waals surface area contributed by atoms with E-state index in [-0.39, 0.29) is 17.9 Å². The molecule has 0 saturated heterocycles. The Morgan fingerprint density at radius 3 is 2.56 bits per heavy atom. The first-order valence-corrected chi connectivity index (χ1v) is 5.98. The van der Waals surface area contributed by atoms with E-state index in [1.165, 1.54) is 12.1 Å². The standard InChI is InChI=1S/C13H19FN2O2/c1-3-13(15,4-2)8-16-12(18)11-9(14)6-5-7-10(11)17/h5-7,17H,3-4,8,15H2,1-2H3,(H,16,18). The highest BCUT2D eigenvalue weighted by atomic mass is 19.1. The van der Waals surface area contributed by atoms with Crippen molar-refractivity contribution < 1.29 is 14.3 Å². The number of amides is 1. The molecule has 4 nitrogen and oxygen atoms in total. The Kier molecular flexibility index (Phi) is 4.67. The van der Waals surface area contributed by atoms with E-state index in [1.807, 2.05) is 13.8 Å². The van der Waals surface area contributed by atoms with Crippen LogP contribution in [0.2, 0.25) is 0 Å². The van der Waals surface area contributed by atoms with E-state index in [9.17, 15) is 14.3 Å². The van der Waals surface area contributed by atoms with E-state index < -0.39 is 17.3 Å². The maximum absolute atomic E-state index is 13.4. The third kappa shape index (κ3) is 3.20. The summed E-state index contributed by atoms with van der Waals surface area (Å²) in [5.74, 6) is -1.77. The zero-order chi connectivity index (χ0) is 13.8. The molecule has 0 radical (unpaired) electrons. The molecule has 0 aromatic heterocycles. The van der Waals surface area contributed by atoms with Gasteiger partial charge in [-0.3, -0.25) is 4.79 Å². The SMILES string of the molecule is CCC(N)(CC)CNC(=O)c1c(O)cccc1F. The summed E-state index contributed by atoms with van der Waals surface area (Å²) >= 11 is 0. The van der Waals surface area contributed by atoms with Gasteiger partial charge in [-0.1, -0.05) is 19.9 Å². The van der Waals surface area contributed by atoms with Gasteiger partial charge in [0.1, 0.15) is 17.1 Å². The summed E-state index contributed by atoms with van der Waals surface area (Å²) < 4.78 is 13.4. The van der Waals surface area contributed by atoms with Crippen LogP contribution in [-0.4, -0.2) is 23.1 Å². The lowest BCUT2D eigenvalue weighted by atomic mass is 9.94. The molecule has 0 saturated carbocycles. The molecule has 100 valence electrons. The lowest BCUT2D eigenvalue weighted by molar-refractivity contribution is 0.0935. The van der Waals surface area contributed by atoms with Gasteiger partial charge in [-0.25, -0.2) is 4.39 Å². The average Bonchev–Trinajstić information content (AvgIpc) is 2.36. The third-order valence-electron chi connectivity index (χ3n) is 3.23. The van der Waals surface area contributed by atoms with Gasteiger partial charge in [0, 0.05) is 12.1 Å². The number of phenolic OH excluding ortho intramolecular Hbond substituents is 1. The summed E-state index contributed by atoms with van der Waals surface area (Å²) in [5, 5.41) is 12.0. The van der Waals surface area contributed by atoms with Gasteiger partial charge in [0.25, 0.3) is 5.91 Å². The molecule has 0 bridgehead atoms. The smallest absolute Gasteiger partial charge is 0.258 e. The van der Waals surface area contributed by atoms with Crippen molar-refractivity contribution in [2.75, 3.05) is 6.54 Å². The average molecular weight is 254 g/mol. The highest BCUT2D eigenvalue weighted by molar-refractivity contribution is 5.97. The Balaban J connectivity index is 2.78. The molecule has 0 aliphatic heterocycles. The second kappa shape index (κ2) is 5.82. The summed E-state index contributed by atoms with van der Waals surface area (Å²) in [7, 11) is 0. The number of hydrogen-bond donors (Lipinski definition) is 3. The van der Waals surface area contributed by atoms with Crippen LogP contribution >= 0.6 is 0 Å². The molecule has 0 unspecified atom stereocenters. The molecule has 4 N–H and O–H groups in total. The fourth-order valence-corrected chi connectivity index (χ4v) is 1.58. The molecule has 0 aliphatic carbocycles.